The number of nitrogens with one attached hydrogen (secondary N) is 1. The molecular weight excluding hydrogens is 227 g/mol. The van der Waals surface area contributed by atoms with Gasteiger partial charge in [-0.1, -0.05) is 0 Å². The number of nitrogen functional groups attached to an aromatic ring is 1. The fourth-order valence-corrected chi connectivity index (χ4v) is 1.31. The summed E-state index contributed by atoms with van der Waals surface area (Å²) in [5.41, 5.74) is 1.84. The maximum atomic E-state index is 11.7. The summed E-state index contributed by atoms with van der Waals surface area (Å²) in [5, 5.41) is 2.81. The Morgan fingerprint density at radius 3 is 2.67 bits per heavy atom. The highest BCUT2D eigenvalue weighted by Gasteiger charge is 2.27. The van der Waals surface area contributed by atoms with Gasteiger partial charge in [-0.25, -0.2) is 4.98 Å². The van der Waals surface area contributed by atoms with Crippen molar-refractivity contribution >= 4 is 23.3 Å². The molecule has 1 rings (SSSR count). The van der Waals surface area contributed by atoms with Gasteiger partial charge in [-0.05, 0) is 23.9 Å². The zero-order valence-corrected chi connectivity index (χ0v) is 8.53. The van der Waals surface area contributed by atoms with Crippen molar-refractivity contribution in [2.75, 3.05) is 23.3 Å². The van der Waals surface area contributed by atoms with Crippen molar-refractivity contribution in [1.29, 1.82) is 0 Å². The van der Waals surface area contributed by atoms with Crippen molar-refractivity contribution in [1.82, 2.24) is 4.98 Å². The quantitative estimate of drug-likeness (QED) is 0.789. The molecule has 84 valence electrons. The van der Waals surface area contributed by atoms with E-state index in [0.29, 0.717) is 11.5 Å². The van der Waals surface area contributed by atoms with E-state index in [1.165, 1.54) is 6.20 Å². The van der Waals surface area contributed by atoms with Crippen LogP contribution in [0.1, 0.15) is 0 Å². The first kappa shape index (κ1) is 12.0. The Labute approximate surface area is 89.3 Å². The molecule has 0 aliphatic carbocycles. The highest BCUT2D eigenvalue weighted by Crippen LogP contribution is 2.29. The van der Waals surface area contributed by atoms with E-state index in [1.807, 2.05) is 0 Å². The molecule has 0 radical (unpaired) electrons. The molecule has 0 atom stereocenters. The second-order valence-corrected chi connectivity index (χ2v) is 3.85. The Hall–Kier alpha value is -1.11. The smallest absolute Gasteiger partial charge is 0.384 e. The number of pyridine rings is 1. The largest absolute Gasteiger partial charge is 0.441 e. The second kappa shape index (κ2) is 5.11. The molecule has 0 amide bonds. The average Bonchev–Trinajstić information content (AvgIpc) is 2.14. The molecule has 1 aromatic rings. The summed E-state index contributed by atoms with van der Waals surface area (Å²) < 4.78 is 35.2. The molecule has 3 nitrogen and oxygen atoms in total. The molecule has 0 spiro atoms. The third-order valence-corrected chi connectivity index (χ3v) is 2.22. The van der Waals surface area contributed by atoms with Gasteiger partial charge in [0.25, 0.3) is 0 Å². The topological polar surface area (TPSA) is 50.9 Å². The van der Waals surface area contributed by atoms with Crippen LogP contribution in [0.4, 0.5) is 24.7 Å². The van der Waals surface area contributed by atoms with E-state index in [2.05, 4.69) is 10.3 Å². The molecule has 0 aliphatic heterocycles. The Morgan fingerprint density at radius 2 is 2.13 bits per heavy atom. The number of rotatable bonds is 4. The first-order chi connectivity index (χ1) is 6.97. The summed E-state index contributed by atoms with van der Waals surface area (Å²) in [6.07, 6.45) is 1.48. The van der Waals surface area contributed by atoms with Gasteiger partial charge in [0, 0.05) is 12.3 Å². The van der Waals surface area contributed by atoms with Gasteiger partial charge < -0.3 is 11.1 Å². The highest BCUT2D eigenvalue weighted by atomic mass is 32.2. The Bertz CT molecular complexity index is 299. The van der Waals surface area contributed by atoms with Gasteiger partial charge in [0.1, 0.15) is 5.82 Å². The average molecular weight is 237 g/mol. The first-order valence-corrected chi connectivity index (χ1v) is 5.12. The van der Waals surface area contributed by atoms with E-state index in [4.69, 9.17) is 5.73 Å². The molecule has 0 aliphatic rings. The second-order valence-electron chi connectivity index (χ2n) is 2.69. The summed E-state index contributed by atoms with van der Waals surface area (Å²) in [7, 11) is 0. The lowest BCUT2D eigenvalue weighted by Gasteiger charge is -2.07. The van der Waals surface area contributed by atoms with E-state index in [1.54, 1.807) is 12.1 Å². The molecular formula is C8H10F3N3S. The lowest BCUT2D eigenvalue weighted by atomic mass is 10.4. The summed E-state index contributed by atoms with van der Waals surface area (Å²) in [5.74, 6) is 0.346. The van der Waals surface area contributed by atoms with Crippen LogP contribution in [-0.2, 0) is 0 Å². The molecule has 15 heavy (non-hydrogen) atoms. The van der Waals surface area contributed by atoms with Gasteiger partial charge in [-0.2, -0.15) is 13.2 Å². The first-order valence-electron chi connectivity index (χ1n) is 4.13. The Kier molecular flexibility index (Phi) is 4.07. The van der Waals surface area contributed by atoms with Gasteiger partial charge >= 0.3 is 5.51 Å². The minimum absolute atomic E-state index is 0.0339. The minimum atomic E-state index is -4.17. The number of hydrogen-bond donors (Lipinski definition) is 2. The maximum absolute atomic E-state index is 11.7. The lowest BCUT2D eigenvalue weighted by Crippen LogP contribution is -2.09. The van der Waals surface area contributed by atoms with Gasteiger partial charge in [0.05, 0.1) is 11.9 Å². The van der Waals surface area contributed by atoms with Crippen molar-refractivity contribution in [2.24, 2.45) is 0 Å². The summed E-state index contributed by atoms with van der Waals surface area (Å²) in [6.45, 7) is 0.232. The summed E-state index contributed by atoms with van der Waals surface area (Å²) >= 11 is -0.0516. The number of halogens is 3. The maximum Gasteiger partial charge on any atom is 0.441 e. The van der Waals surface area contributed by atoms with Crippen LogP contribution in [0.2, 0.25) is 0 Å². The van der Waals surface area contributed by atoms with Gasteiger partial charge in [0.15, 0.2) is 0 Å². The van der Waals surface area contributed by atoms with E-state index >= 15 is 0 Å². The fraction of sp³-hybridized carbons (Fsp3) is 0.375. The number of nitrogens with zero attached hydrogens (tertiary/aromatic N) is 1. The third kappa shape index (κ3) is 5.36. The minimum Gasteiger partial charge on any atom is -0.384 e. The van der Waals surface area contributed by atoms with Crippen molar-refractivity contribution in [3.8, 4) is 0 Å². The molecule has 7 heteroatoms. The number of nitrogens with two attached hydrogens (primary N) is 1. The van der Waals surface area contributed by atoms with Crippen LogP contribution in [0, 0.1) is 0 Å². The molecule has 1 heterocycles. The number of aromatic nitrogens is 1. The van der Waals surface area contributed by atoms with Crippen LogP contribution in [0.25, 0.3) is 0 Å². The normalized spacial score (nSPS) is 11.4. The zero-order valence-electron chi connectivity index (χ0n) is 7.71. The van der Waals surface area contributed by atoms with Crippen LogP contribution < -0.4 is 11.1 Å². The third-order valence-electron chi connectivity index (χ3n) is 1.48. The monoisotopic (exact) mass is 237 g/mol. The number of thioether (sulfide) groups is 1. The molecule has 1 aromatic heterocycles. The zero-order chi connectivity index (χ0) is 11.3. The lowest BCUT2D eigenvalue weighted by molar-refractivity contribution is -0.0327. The Balaban J connectivity index is 2.23. The van der Waals surface area contributed by atoms with E-state index < -0.39 is 5.51 Å². The van der Waals surface area contributed by atoms with Crippen molar-refractivity contribution in [3.05, 3.63) is 18.3 Å². The van der Waals surface area contributed by atoms with Gasteiger partial charge in [-0.3, -0.25) is 0 Å². The fourth-order valence-electron chi connectivity index (χ4n) is 0.872. The van der Waals surface area contributed by atoms with Crippen molar-refractivity contribution in [3.63, 3.8) is 0 Å². The van der Waals surface area contributed by atoms with E-state index in [-0.39, 0.29) is 24.1 Å². The number of hydrogen-bond acceptors (Lipinski definition) is 4. The standard InChI is InChI=1S/C8H10F3N3S/c9-8(10,11)15-4-3-13-6-1-2-7(12)14-5-6/h1-2,5,13H,3-4H2,(H2,12,14). The number of alkyl halides is 3. The van der Waals surface area contributed by atoms with Crippen LogP contribution in [0.15, 0.2) is 18.3 Å². The summed E-state index contributed by atoms with van der Waals surface area (Å²) in [4.78, 5) is 3.79. The molecule has 0 saturated heterocycles. The van der Waals surface area contributed by atoms with E-state index in [0.717, 1.165) is 0 Å². The summed E-state index contributed by atoms with van der Waals surface area (Å²) in [6, 6.07) is 3.25. The van der Waals surface area contributed by atoms with Crippen LogP contribution in [0.3, 0.4) is 0 Å². The molecule has 0 unspecified atom stereocenters. The van der Waals surface area contributed by atoms with Gasteiger partial charge in [-0.15, -0.1) is 0 Å². The predicted octanol–water partition coefficient (Wildman–Crippen LogP) is 2.33. The number of anilines is 2. The van der Waals surface area contributed by atoms with Crippen molar-refractivity contribution < 1.29 is 13.2 Å². The van der Waals surface area contributed by atoms with Crippen molar-refractivity contribution in [2.45, 2.75) is 5.51 Å². The molecule has 0 aromatic carbocycles. The van der Waals surface area contributed by atoms with Gasteiger partial charge in [0.2, 0.25) is 0 Å². The predicted molar refractivity (Wildman–Crippen MR) is 55.7 cm³/mol. The molecule has 3 N–H and O–H groups in total. The Morgan fingerprint density at radius 1 is 1.40 bits per heavy atom. The van der Waals surface area contributed by atoms with Crippen LogP contribution in [-0.4, -0.2) is 22.8 Å². The van der Waals surface area contributed by atoms with E-state index in [9.17, 15) is 13.2 Å². The molecule has 0 fully saturated rings. The van der Waals surface area contributed by atoms with Crippen LogP contribution in [0.5, 0.6) is 0 Å². The molecule has 0 saturated carbocycles. The SMILES string of the molecule is Nc1ccc(NCCSC(F)(F)F)cn1. The van der Waals surface area contributed by atoms with Crippen LogP contribution >= 0.6 is 11.8 Å². The highest BCUT2D eigenvalue weighted by molar-refractivity contribution is 8.00. The molecule has 0 bridgehead atoms.